The van der Waals surface area contributed by atoms with Crippen LogP contribution >= 0.6 is 15.9 Å². The second kappa shape index (κ2) is 4.40. The van der Waals surface area contributed by atoms with E-state index >= 15 is 0 Å². The van der Waals surface area contributed by atoms with Crippen molar-refractivity contribution in [2.75, 3.05) is 7.11 Å². The highest BCUT2D eigenvalue weighted by molar-refractivity contribution is 9.10. The topological polar surface area (TPSA) is 29.5 Å². The molecule has 0 aliphatic carbocycles. The van der Waals surface area contributed by atoms with Crippen molar-refractivity contribution in [3.8, 4) is 5.75 Å². The lowest BCUT2D eigenvalue weighted by atomic mass is 10.1. The van der Waals surface area contributed by atoms with Gasteiger partial charge in [0.1, 0.15) is 5.75 Å². The van der Waals surface area contributed by atoms with E-state index in [1.165, 1.54) is 0 Å². The van der Waals surface area contributed by atoms with Crippen LogP contribution in [-0.2, 0) is 12.8 Å². The molecule has 0 amide bonds. The summed E-state index contributed by atoms with van der Waals surface area (Å²) in [6.45, 7) is -0.352. The van der Waals surface area contributed by atoms with E-state index in [2.05, 4.69) is 20.7 Å². The van der Waals surface area contributed by atoms with Gasteiger partial charge in [0.2, 0.25) is 0 Å². The Morgan fingerprint density at radius 3 is 2.40 bits per heavy atom. The number of hydrogen-bond acceptors (Lipinski definition) is 2. The first-order chi connectivity index (χ1) is 6.90. The van der Waals surface area contributed by atoms with Gasteiger partial charge in [-0.2, -0.15) is 13.2 Å². The Labute approximate surface area is 92.8 Å². The van der Waals surface area contributed by atoms with Crippen molar-refractivity contribution >= 4 is 15.9 Å². The molecular formula is C9H8BrF3O2. The summed E-state index contributed by atoms with van der Waals surface area (Å²) >= 11 is 2.95. The molecule has 2 nitrogen and oxygen atoms in total. The minimum atomic E-state index is -4.47. The fourth-order valence-electron chi connectivity index (χ4n) is 1.11. The lowest BCUT2D eigenvalue weighted by Gasteiger charge is -2.14. The molecule has 0 saturated heterocycles. The Morgan fingerprint density at radius 1 is 1.40 bits per heavy atom. The lowest BCUT2D eigenvalue weighted by Crippen LogP contribution is -2.08. The number of hydrogen-bond donors (Lipinski definition) is 1. The average molecular weight is 285 g/mol. The van der Waals surface area contributed by atoms with Crippen molar-refractivity contribution in [1.29, 1.82) is 0 Å². The largest absolute Gasteiger partial charge is 0.496 e. The van der Waals surface area contributed by atoms with Crippen LogP contribution in [0.3, 0.4) is 0 Å². The second-order valence-electron chi connectivity index (χ2n) is 2.80. The van der Waals surface area contributed by atoms with Gasteiger partial charge in [0.05, 0.1) is 19.3 Å². The molecule has 0 aliphatic heterocycles. The number of benzene rings is 1. The zero-order valence-electron chi connectivity index (χ0n) is 7.73. The predicted molar refractivity (Wildman–Crippen MR) is 51.6 cm³/mol. The van der Waals surface area contributed by atoms with Crippen LogP contribution in [0.15, 0.2) is 16.6 Å². The number of rotatable bonds is 2. The van der Waals surface area contributed by atoms with E-state index in [9.17, 15) is 13.2 Å². The van der Waals surface area contributed by atoms with Gasteiger partial charge in [0, 0.05) is 4.47 Å². The van der Waals surface area contributed by atoms with Crippen molar-refractivity contribution in [1.82, 2.24) is 0 Å². The van der Waals surface area contributed by atoms with Gasteiger partial charge in [-0.05, 0) is 17.7 Å². The van der Waals surface area contributed by atoms with Crippen molar-refractivity contribution in [2.45, 2.75) is 12.8 Å². The molecule has 0 heterocycles. The molecule has 1 N–H and O–H groups in total. The summed E-state index contributed by atoms with van der Waals surface area (Å²) in [4.78, 5) is 0. The number of methoxy groups -OCH3 is 1. The maximum absolute atomic E-state index is 12.5. The van der Waals surface area contributed by atoms with Crippen LogP contribution in [0.1, 0.15) is 11.1 Å². The summed E-state index contributed by atoms with van der Waals surface area (Å²) in [5, 5.41) is 8.87. The van der Waals surface area contributed by atoms with E-state index in [0.29, 0.717) is 5.56 Å². The molecule has 84 valence electrons. The standard InChI is InChI=1S/C9H8BrF3O2/c1-15-8-2-5(4-14)7(10)3-6(8)9(11,12)13/h2-3,14H,4H2,1H3. The molecule has 0 atom stereocenters. The van der Waals surface area contributed by atoms with Gasteiger partial charge in [-0.3, -0.25) is 0 Å². The van der Waals surface area contributed by atoms with Crippen molar-refractivity contribution in [2.24, 2.45) is 0 Å². The van der Waals surface area contributed by atoms with Gasteiger partial charge in [0.25, 0.3) is 0 Å². The third-order valence-electron chi connectivity index (χ3n) is 1.84. The smallest absolute Gasteiger partial charge is 0.420 e. The molecule has 0 fully saturated rings. The summed E-state index contributed by atoms with van der Waals surface area (Å²) in [5.41, 5.74) is -0.520. The first-order valence-corrected chi connectivity index (χ1v) is 4.74. The lowest BCUT2D eigenvalue weighted by molar-refractivity contribution is -0.138. The zero-order chi connectivity index (χ0) is 11.6. The molecule has 0 unspecified atom stereocenters. The molecule has 0 spiro atoms. The van der Waals surface area contributed by atoms with Crippen molar-refractivity contribution < 1.29 is 23.0 Å². The van der Waals surface area contributed by atoms with Crippen LogP contribution in [-0.4, -0.2) is 12.2 Å². The van der Waals surface area contributed by atoms with Gasteiger partial charge in [-0.1, -0.05) is 15.9 Å². The summed E-state index contributed by atoms with van der Waals surface area (Å²) in [7, 11) is 1.15. The zero-order valence-corrected chi connectivity index (χ0v) is 9.32. The fourth-order valence-corrected chi connectivity index (χ4v) is 1.58. The Hall–Kier alpha value is -0.750. The van der Waals surface area contributed by atoms with Gasteiger partial charge in [0.15, 0.2) is 0 Å². The molecule has 0 radical (unpaired) electrons. The third-order valence-corrected chi connectivity index (χ3v) is 2.58. The SMILES string of the molecule is COc1cc(CO)c(Br)cc1C(F)(F)F. The minimum absolute atomic E-state index is 0.207. The van der Waals surface area contributed by atoms with E-state index < -0.39 is 11.7 Å². The van der Waals surface area contributed by atoms with E-state index in [4.69, 9.17) is 5.11 Å². The number of halogens is 4. The number of aliphatic hydroxyl groups excluding tert-OH is 1. The molecule has 0 saturated carbocycles. The Bertz CT molecular complexity index is 363. The summed E-state index contributed by atoms with van der Waals surface area (Å²) in [6.07, 6.45) is -4.47. The summed E-state index contributed by atoms with van der Waals surface area (Å²) in [5.74, 6) is -0.297. The molecule has 0 aromatic heterocycles. The summed E-state index contributed by atoms with van der Waals surface area (Å²) < 4.78 is 42.3. The van der Waals surface area contributed by atoms with Crippen LogP contribution in [0.2, 0.25) is 0 Å². The minimum Gasteiger partial charge on any atom is -0.496 e. The van der Waals surface area contributed by atoms with Gasteiger partial charge < -0.3 is 9.84 Å². The maximum atomic E-state index is 12.5. The van der Waals surface area contributed by atoms with Crippen LogP contribution in [0.4, 0.5) is 13.2 Å². The fraction of sp³-hybridized carbons (Fsp3) is 0.333. The van der Waals surface area contributed by atoms with Crippen molar-refractivity contribution in [3.63, 3.8) is 0 Å². The molecule has 6 heteroatoms. The molecule has 15 heavy (non-hydrogen) atoms. The highest BCUT2D eigenvalue weighted by Gasteiger charge is 2.34. The Balaban J connectivity index is 3.34. The molecule has 0 aliphatic rings. The number of aliphatic hydroxyl groups is 1. The number of ether oxygens (including phenoxy) is 1. The highest BCUT2D eigenvalue weighted by Crippen LogP contribution is 2.39. The predicted octanol–water partition coefficient (Wildman–Crippen LogP) is 2.97. The quantitative estimate of drug-likeness (QED) is 0.905. The first kappa shape index (κ1) is 12.3. The van der Waals surface area contributed by atoms with E-state index in [0.717, 1.165) is 19.2 Å². The average Bonchev–Trinajstić information content (AvgIpc) is 2.16. The highest BCUT2D eigenvalue weighted by atomic mass is 79.9. The van der Waals surface area contributed by atoms with Gasteiger partial charge >= 0.3 is 6.18 Å². The maximum Gasteiger partial charge on any atom is 0.420 e. The van der Waals surface area contributed by atoms with Crippen LogP contribution in [0.5, 0.6) is 5.75 Å². The second-order valence-corrected chi connectivity index (χ2v) is 3.65. The summed E-state index contributed by atoms with van der Waals surface area (Å²) in [6, 6.07) is 2.05. The van der Waals surface area contributed by atoms with E-state index in [-0.39, 0.29) is 16.8 Å². The Kier molecular flexibility index (Phi) is 3.62. The monoisotopic (exact) mass is 284 g/mol. The van der Waals surface area contributed by atoms with E-state index in [1.54, 1.807) is 0 Å². The molecule has 1 aromatic rings. The Morgan fingerprint density at radius 2 is 2.00 bits per heavy atom. The van der Waals surface area contributed by atoms with Crippen LogP contribution < -0.4 is 4.74 Å². The first-order valence-electron chi connectivity index (χ1n) is 3.94. The molecule has 1 aromatic carbocycles. The molecular weight excluding hydrogens is 277 g/mol. The van der Waals surface area contributed by atoms with Crippen molar-refractivity contribution in [3.05, 3.63) is 27.7 Å². The van der Waals surface area contributed by atoms with Crippen LogP contribution in [0.25, 0.3) is 0 Å². The van der Waals surface area contributed by atoms with Crippen LogP contribution in [0, 0.1) is 0 Å². The third kappa shape index (κ3) is 2.63. The number of alkyl halides is 3. The molecule has 0 bridgehead atoms. The van der Waals surface area contributed by atoms with Gasteiger partial charge in [-0.25, -0.2) is 0 Å². The van der Waals surface area contributed by atoms with Gasteiger partial charge in [-0.15, -0.1) is 0 Å². The molecule has 1 rings (SSSR count). The van der Waals surface area contributed by atoms with E-state index in [1.807, 2.05) is 0 Å². The normalized spacial score (nSPS) is 11.6.